The van der Waals surface area contributed by atoms with Crippen molar-refractivity contribution in [2.75, 3.05) is 37.6 Å². The monoisotopic (exact) mass is 302 g/mol. The van der Waals surface area contributed by atoms with Crippen molar-refractivity contribution in [3.05, 3.63) is 24.0 Å². The fourth-order valence-electron chi connectivity index (χ4n) is 3.09. The van der Waals surface area contributed by atoms with E-state index in [4.69, 9.17) is 0 Å². The topological polar surface area (TPSA) is 35.2 Å². The van der Waals surface area contributed by atoms with E-state index in [9.17, 15) is 0 Å². The summed E-state index contributed by atoms with van der Waals surface area (Å²) in [7, 11) is 0. The van der Waals surface area contributed by atoms with Gasteiger partial charge in [-0.25, -0.2) is 4.98 Å². The highest BCUT2D eigenvalue weighted by Crippen LogP contribution is 2.22. The highest BCUT2D eigenvalue weighted by molar-refractivity contribution is 5.79. The lowest BCUT2D eigenvalue weighted by Gasteiger charge is -2.36. The number of rotatable bonds is 5. The quantitative estimate of drug-likeness (QED) is 0.917. The fourth-order valence-corrected chi connectivity index (χ4v) is 3.09. The largest absolute Gasteiger partial charge is 0.369 e. The van der Waals surface area contributed by atoms with Gasteiger partial charge in [-0.05, 0) is 37.1 Å². The first-order valence-electron chi connectivity index (χ1n) is 8.61. The third-order valence-corrected chi connectivity index (χ3v) is 4.61. The van der Waals surface area contributed by atoms with Gasteiger partial charge < -0.3 is 9.88 Å². The lowest BCUT2D eigenvalue weighted by molar-refractivity contribution is 0.244. The second-order valence-corrected chi connectivity index (χ2v) is 6.75. The van der Waals surface area contributed by atoms with E-state index < -0.39 is 0 Å². The van der Waals surface area contributed by atoms with Gasteiger partial charge in [0.15, 0.2) is 0 Å². The Morgan fingerprint density at radius 2 is 2.00 bits per heavy atom. The zero-order chi connectivity index (χ0) is 15.5. The Balaban J connectivity index is 0.00000192. The molecule has 0 spiro atoms. The Morgan fingerprint density at radius 3 is 2.68 bits per heavy atom. The standard InChI is InChI=1S/C18H28N4.H2/c1-4-18-19-16-6-5-15(13-17(16)20-18)22-11-9-21(10-12-22)8-7-14(2)3;/h5-6,13-14H,4,7-12H2,1-3H3,(H,19,20);1H. The van der Waals surface area contributed by atoms with Gasteiger partial charge in [-0.1, -0.05) is 20.8 Å². The SMILES string of the molecule is CCc1nc2ccc(N3CCN(CCC(C)C)CC3)cc2[nH]1.[HH]. The Kier molecular flexibility index (Phi) is 4.67. The van der Waals surface area contributed by atoms with Crippen LogP contribution in [0.25, 0.3) is 11.0 Å². The van der Waals surface area contributed by atoms with Gasteiger partial charge in [0.05, 0.1) is 11.0 Å². The minimum Gasteiger partial charge on any atom is -0.369 e. The lowest BCUT2D eigenvalue weighted by Crippen LogP contribution is -2.46. The molecule has 0 atom stereocenters. The minimum absolute atomic E-state index is 0. The summed E-state index contributed by atoms with van der Waals surface area (Å²) < 4.78 is 0. The summed E-state index contributed by atoms with van der Waals surface area (Å²) in [5.41, 5.74) is 3.56. The molecular weight excluding hydrogens is 272 g/mol. The van der Waals surface area contributed by atoms with Crippen molar-refractivity contribution in [1.82, 2.24) is 14.9 Å². The molecule has 0 saturated carbocycles. The van der Waals surface area contributed by atoms with Crippen molar-refractivity contribution < 1.29 is 1.43 Å². The van der Waals surface area contributed by atoms with Gasteiger partial charge in [0.25, 0.3) is 0 Å². The smallest absolute Gasteiger partial charge is 0.106 e. The number of hydrogen-bond acceptors (Lipinski definition) is 3. The predicted octanol–water partition coefficient (Wildman–Crippen LogP) is 3.54. The summed E-state index contributed by atoms with van der Waals surface area (Å²) in [5.74, 6) is 1.87. The molecular formula is C18H30N4. The average Bonchev–Trinajstić information content (AvgIpc) is 2.95. The first-order chi connectivity index (χ1) is 10.7. The molecule has 0 unspecified atom stereocenters. The number of anilines is 1. The van der Waals surface area contributed by atoms with Crippen LogP contribution >= 0.6 is 0 Å². The molecule has 22 heavy (non-hydrogen) atoms. The third kappa shape index (κ3) is 3.43. The van der Waals surface area contributed by atoms with Gasteiger partial charge in [-0.3, -0.25) is 4.90 Å². The highest BCUT2D eigenvalue weighted by atomic mass is 15.3. The number of piperazine rings is 1. The molecule has 2 heterocycles. The van der Waals surface area contributed by atoms with Crippen molar-refractivity contribution in [2.24, 2.45) is 5.92 Å². The van der Waals surface area contributed by atoms with E-state index in [1.807, 2.05) is 0 Å². The molecule has 4 nitrogen and oxygen atoms in total. The van der Waals surface area contributed by atoms with E-state index in [2.05, 4.69) is 58.7 Å². The van der Waals surface area contributed by atoms with Crippen LogP contribution in [0.1, 0.15) is 34.4 Å². The Bertz CT molecular complexity index is 615. The molecule has 2 aromatic rings. The predicted molar refractivity (Wildman–Crippen MR) is 95.7 cm³/mol. The number of aryl methyl sites for hydroxylation is 1. The summed E-state index contributed by atoms with van der Waals surface area (Å²) in [5, 5.41) is 0. The molecule has 1 saturated heterocycles. The minimum atomic E-state index is 0. The van der Waals surface area contributed by atoms with Gasteiger partial charge in [0.2, 0.25) is 0 Å². The summed E-state index contributed by atoms with van der Waals surface area (Å²) in [6.45, 7) is 12.6. The first-order valence-corrected chi connectivity index (χ1v) is 8.61. The zero-order valence-corrected chi connectivity index (χ0v) is 14.1. The second-order valence-electron chi connectivity index (χ2n) is 6.75. The molecule has 122 valence electrons. The van der Waals surface area contributed by atoms with Gasteiger partial charge in [0.1, 0.15) is 5.82 Å². The maximum Gasteiger partial charge on any atom is 0.106 e. The fraction of sp³-hybridized carbons (Fsp3) is 0.611. The van der Waals surface area contributed by atoms with E-state index in [0.29, 0.717) is 0 Å². The van der Waals surface area contributed by atoms with Gasteiger partial charge in [0, 0.05) is 39.7 Å². The first kappa shape index (κ1) is 15.3. The number of nitrogens with zero attached hydrogens (tertiary/aromatic N) is 3. The van der Waals surface area contributed by atoms with Crippen molar-refractivity contribution in [3.63, 3.8) is 0 Å². The van der Waals surface area contributed by atoms with Crippen molar-refractivity contribution >= 4 is 16.7 Å². The van der Waals surface area contributed by atoms with Gasteiger partial charge >= 0.3 is 0 Å². The van der Waals surface area contributed by atoms with Crippen LogP contribution in [0.4, 0.5) is 5.69 Å². The zero-order valence-electron chi connectivity index (χ0n) is 14.1. The van der Waals surface area contributed by atoms with Crippen LogP contribution in [0, 0.1) is 5.92 Å². The number of hydrogen-bond donors (Lipinski definition) is 1. The summed E-state index contributed by atoms with van der Waals surface area (Å²) in [4.78, 5) is 13.1. The van der Waals surface area contributed by atoms with E-state index >= 15 is 0 Å². The molecule has 1 aromatic heterocycles. The number of H-pyrrole nitrogens is 1. The molecule has 0 aliphatic carbocycles. The van der Waals surface area contributed by atoms with Crippen LogP contribution in [0.2, 0.25) is 0 Å². The Morgan fingerprint density at radius 1 is 1.23 bits per heavy atom. The molecule has 1 fully saturated rings. The molecule has 0 bridgehead atoms. The average molecular weight is 302 g/mol. The molecule has 1 aliphatic rings. The lowest BCUT2D eigenvalue weighted by atomic mass is 10.1. The maximum absolute atomic E-state index is 4.59. The van der Waals surface area contributed by atoms with E-state index in [-0.39, 0.29) is 1.43 Å². The highest BCUT2D eigenvalue weighted by Gasteiger charge is 2.17. The molecule has 4 heteroatoms. The summed E-state index contributed by atoms with van der Waals surface area (Å²) in [6.07, 6.45) is 2.26. The van der Waals surface area contributed by atoms with Gasteiger partial charge in [-0.15, -0.1) is 0 Å². The molecule has 3 rings (SSSR count). The Hall–Kier alpha value is -1.55. The van der Waals surface area contributed by atoms with E-state index in [1.54, 1.807) is 0 Å². The molecule has 1 N–H and O–H groups in total. The third-order valence-electron chi connectivity index (χ3n) is 4.61. The maximum atomic E-state index is 4.59. The molecule has 0 radical (unpaired) electrons. The number of aromatic amines is 1. The molecule has 1 aliphatic heterocycles. The second kappa shape index (κ2) is 6.69. The van der Waals surface area contributed by atoms with Gasteiger partial charge in [-0.2, -0.15) is 0 Å². The summed E-state index contributed by atoms with van der Waals surface area (Å²) in [6, 6.07) is 6.61. The normalized spacial score (nSPS) is 16.8. The van der Waals surface area contributed by atoms with Crippen LogP contribution in [0.15, 0.2) is 18.2 Å². The summed E-state index contributed by atoms with van der Waals surface area (Å²) >= 11 is 0. The van der Waals surface area contributed by atoms with Crippen LogP contribution in [-0.2, 0) is 6.42 Å². The Labute approximate surface area is 135 Å². The van der Waals surface area contributed by atoms with Crippen molar-refractivity contribution in [2.45, 2.75) is 33.6 Å². The van der Waals surface area contributed by atoms with E-state index in [0.717, 1.165) is 42.3 Å². The van der Waals surface area contributed by atoms with Crippen molar-refractivity contribution in [1.29, 1.82) is 0 Å². The van der Waals surface area contributed by atoms with Crippen LogP contribution in [0.5, 0.6) is 0 Å². The molecule has 0 amide bonds. The molecule has 1 aromatic carbocycles. The van der Waals surface area contributed by atoms with Crippen LogP contribution in [0.3, 0.4) is 0 Å². The number of aromatic nitrogens is 2. The van der Waals surface area contributed by atoms with Crippen LogP contribution in [-0.4, -0.2) is 47.6 Å². The number of benzene rings is 1. The number of imidazole rings is 1. The van der Waals surface area contributed by atoms with Crippen molar-refractivity contribution in [3.8, 4) is 0 Å². The number of nitrogens with one attached hydrogen (secondary N) is 1. The number of fused-ring (bicyclic) bond motifs is 1. The van der Waals surface area contributed by atoms with E-state index in [1.165, 1.54) is 31.7 Å². The van der Waals surface area contributed by atoms with Crippen LogP contribution < -0.4 is 4.90 Å².